The molecule has 0 saturated carbocycles. The standard InChI is InChI=1S/C22H32Cl2N.ClH/c1-16-8-7-13-22(3,4)20(16)12-9-17(2)25(5,6)15-18-10-11-19(23)14-21(18)24;/h8-12,14,17,20H,7,13,15H2,1-6H3;1H/q+1;/p-1. The van der Waals surface area contributed by atoms with Crippen LogP contribution in [0.15, 0.2) is 42.0 Å². The Hall–Kier alpha value is -0.470. The van der Waals surface area contributed by atoms with Crippen molar-refractivity contribution < 1.29 is 16.9 Å². The van der Waals surface area contributed by atoms with Crippen molar-refractivity contribution in [2.24, 2.45) is 11.3 Å². The maximum absolute atomic E-state index is 6.38. The van der Waals surface area contributed by atoms with Crippen molar-refractivity contribution in [2.45, 2.75) is 53.1 Å². The number of rotatable bonds is 5. The fourth-order valence-corrected chi connectivity index (χ4v) is 4.19. The quantitative estimate of drug-likeness (QED) is 0.504. The van der Waals surface area contributed by atoms with Crippen LogP contribution in [0.2, 0.25) is 10.0 Å². The van der Waals surface area contributed by atoms with Gasteiger partial charge in [0.05, 0.1) is 19.1 Å². The molecule has 146 valence electrons. The average molecular weight is 417 g/mol. The van der Waals surface area contributed by atoms with Gasteiger partial charge in [0.2, 0.25) is 0 Å². The average Bonchev–Trinajstić information content (AvgIpc) is 2.48. The summed E-state index contributed by atoms with van der Waals surface area (Å²) in [5.74, 6) is 0.530. The van der Waals surface area contributed by atoms with Gasteiger partial charge in [-0.1, -0.05) is 60.8 Å². The third-order valence-corrected chi connectivity index (χ3v) is 6.45. The SMILES string of the molecule is CC1=CCCC(C)(C)C1C=CC(C)[N+](C)(C)Cc1ccc(Cl)cc1Cl.[Cl-]. The van der Waals surface area contributed by atoms with Gasteiger partial charge in [0.25, 0.3) is 0 Å². The Morgan fingerprint density at radius 3 is 2.50 bits per heavy atom. The van der Waals surface area contributed by atoms with E-state index in [9.17, 15) is 0 Å². The van der Waals surface area contributed by atoms with Crippen LogP contribution in [0.25, 0.3) is 0 Å². The second-order valence-electron chi connectivity index (χ2n) is 8.75. The van der Waals surface area contributed by atoms with E-state index in [1.807, 2.05) is 18.2 Å². The lowest BCUT2D eigenvalue weighted by Gasteiger charge is -2.38. The van der Waals surface area contributed by atoms with Crippen LogP contribution in [-0.2, 0) is 6.54 Å². The molecule has 0 N–H and O–H groups in total. The van der Waals surface area contributed by atoms with Crippen molar-refractivity contribution >= 4 is 23.2 Å². The Kier molecular flexibility index (Phi) is 8.29. The first-order valence-electron chi connectivity index (χ1n) is 9.14. The van der Waals surface area contributed by atoms with Gasteiger partial charge in [-0.05, 0) is 50.3 Å². The van der Waals surface area contributed by atoms with E-state index in [0.29, 0.717) is 22.4 Å². The summed E-state index contributed by atoms with van der Waals surface area (Å²) in [6, 6.07) is 6.19. The second-order valence-corrected chi connectivity index (χ2v) is 9.59. The van der Waals surface area contributed by atoms with Crippen LogP contribution < -0.4 is 12.4 Å². The molecule has 0 aromatic heterocycles. The highest BCUT2D eigenvalue weighted by Crippen LogP contribution is 2.41. The molecule has 2 unspecified atom stereocenters. The first-order valence-corrected chi connectivity index (χ1v) is 9.90. The van der Waals surface area contributed by atoms with E-state index in [1.54, 1.807) is 0 Å². The summed E-state index contributed by atoms with van der Waals surface area (Å²) >= 11 is 12.4. The fraction of sp³-hybridized carbons (Fsp3) is 0.545. The summed E-state index contributed by atoms with van der Waals surface area (Å²) in [4.78, 5) is 0. The Morgan fingerprint density at radius 2 is 1.92 bits per heavy atom. The van der Waals surface area contributed by atoms with E-state index < -0.39 is 0 Å². The number of halogens is 3. The van der Waals surface area contributed by atoms with Gasteiger partial charge in [-0.15, -0.1) is 0 Å². The lowest BCUT2D eigenvalue weighted by molar-refractivity contribution is -0.919. The molecular weight excluding hydrogens is 385 g/mol. The van der Waals surface area contributed by atoms with Gasteiger partial charge >= 0.3 is 0 Å². The molecule has 0 saturated heterocycles. The molecular formula is C22H32Cl3N. The zero-order chi connectivity index (χ0) is 18.8. The monoisotopic (exact) mass is 415 g/mol. The number of allylic oxidation sites excluding steroid dienone is 3. The lowest BCUT2D eigenvalue weighted by Crippen LogP contribution is -3.00. The molecule has 26 heavy (non-hydrogen) atoms. The van der Waals surface area contributed by atoms with Crippen molar-refractivity contribution in [2.75, 3.05) is 14.1 Å². The predicted molar refractivity (Wildman–Crippen MR) is 111 cm³/mol. The highest BCUT2D eigenvalue weighted by atomic mass is 35.5. The molecule has 2 atom stereocenters. The molecule has 1 nitrogen and oxygen atoms in total. The normalized spacial score (nSPS) is 21.2. The number of hydrogen-bond acceptors (Lipinski definition) is 0. The molecule has 0 radical (unpaired) electrons. The number of quaternary nitrogens is 1. The lowest BCUT2D eigenvalue weighted by atomic mass is 9.68. The number of nitrogens with zero attached hydrogens (tertiary/aromatic N) is 1. The molecule has 1 aromatic rings. The number of benzene rings is 1. The summed E-state index contributed by atoms with van der Waals surface area (Å²) in [5, 5.41) is 1.44. The van der Waals surface area contributed by atoms with E-state index in [-0.39, 0.29) is 12.4 Å². The molecule has 1 aliphatic rings. The molecule has 4 heteroatoms. The smallest absolute Gasteiger partial charge is 0.106 e. The zero-order valence-corrected chi connectivity index (χ0v) is 19.1. The van der Waals surface area contributed by atoms with E-state index in [2.05, 4.69) is 60.0 Å². The largest absolute Gasteiger partial charge is 1.00 e. The summed E-state index contributed by atoms with van der Waals surface area (Å²) in [5.41, 5.74) is 2.99. The zero-order valence-electron chi connectivity index (χ0n) is 16.8. The van der Waals surface area contributed by atoms with Gasteiger partial charge in [0, 0.05) is 16.5 Å². The van der Waals surface area contributed by atoms with E-state index in [1.165, 1.54) is 18.4 Å². The first kappa shape index (κ1) is 23.6. The van der Waals surface area contributed by atoms with E-state index >= 15 is 0 Å². The van der Waals surface area contributed by atoms with Crippen LogP contribution in [0.1, 0.15) is 46.1 Å². The van der Waals surface area contributed by atoms with E-state index in [4.69, 9.17) is 23.2 Å². The highest BCUT2D eigenvalue weighted by molar-refractivity contribution is 6.35. The van der Waals surface area contributed by atoms with Gasteiger partial charge in [0.1, 0.15) is 12.6 Å². The Morgan fingerprint density at radius 1 is 1.27 bits per heavy atom. The molecule has 0 bridgehead atoms. The van der Waals surface area contributed by atoms with Crippen LogP contribution in [0.5, 0.6) is 0 Å². The topological polar surface area (TPSA) is 0 Å². The third-order valence-electron chi connectivity index (χ3n) is 5.87. The fourth-order valence-electron chi connectivity index (χ4n) is 3.72. The maximum Gasteiger partial charge on any atom is 0.106 e. The Balaban J connectivity index is 0.00000338. The van der Waals surface area contributed by atoms with Crippen LogP contribution in [0, 0.1) is 11.3 Å². The highest BCUT2D eigenvalue weighted by Gasteiger charge is 2.31. The Bertz CT molecular complexity index is 674. The first-order chi connectivity index (χ1) is 11.5. The van der Waals surface area contributed by atoms with Crippen molar-refractivity contribution in [3.8, 4) is 0 Å². The molecule has 1 aliphatic carbocycles. The van der Waals surface area contributed by atoms with Gasteiger partial charge < -0.3 is 16.9 Å². The van der Waals surface area contributed by atoms with Crippen LogP contribution in [0.3, 0.4) is 0 Å². The van der Waals surface area contributed by atoms with Gasteiger partial charge in [-0.3, -0.25) is 0 Å². The van der Waals surface area contributed by atoms with Crippen molar-refractivity contribution in [3.63, 3.8) is 0 Å². The number of likely N-dealkylation sites (N-methyl/N-ethyl adjacent to an activating group) is 1. The Labute approximate surface area is 176 Å². The summed E-state index contributed by atoms with van der Waals surface area (Å²) in [6.45, 7) is 10.2. The van der Waals surface area contributed by atoms with Gasteiger partial charge in [-0.25, -0.2) is 0 Å². The second kappa shape index (κ2) is 9.15. The minimum absolute atomic E-state index is 0. The molecule has 2 rings (SSSR count). The molecule has 0 fully saturated rings. The molecule has 0 amide bonds. The van der Waals surface area contributed by atoms with E-state index in [0.717, 1.165) is 21.6 Å². The minimum atomic E-state index is 0. The predicted octanol–water partition coefficient (Wildman–Crippen LogP) is 3.90. The van der Waals surface area contributed by atoms with Crippen LogP contribution in [0.4, 0.5) is 0 Å². The summed E-state index contributed by atoms with van der Waals surface area (Å²) in [6.07, 6.45) is 9.68. The molecule has 0 heterocycles. The van der Waals surface area contributed by atoms with Crippen molar-refractivity contribution in [1.29, 1.82) is 0 Å². The van der Waals surface area contributed by atoms with Gasteiger partial charge in [-0.2, -0.15) is 0 Å². The maximum atomic E-state index is 6.38. The minimum Gasteiger partial charge on any atom is -1.00 e. The van der Waals surface area contributed by atoms with Crippen LogP contribution in [-0.4, -0.2) is 24.6 Å². The number of hydrogen-bond donors (Lipinski definition) is 0. The molecule has 1 aromatic carbocycles. The molecule has 0 aliphatic heterocycles. The third kappa shape index (κ3) is 5.76. The van der Waals surface area contributed by atoms with Gasteiger partial charge in [0.15, 0.2) is 0 Å². The van der Waals surface area contributed by atoms with Crippen LogP contribution >= 0.6 is 23.2 Å². The van der Waals surface area contributed by atoms with Crippen molar-refractivity contribution in [1.82, 2.24) is 0 Å². The van der Waals surface area contributed by atoms with Crippen molar-refractivity contribution in [3.05, 3.63) is 57.6 Å². The summed E-state index contributed by atoms with van der Waals surface area (Å²) < 4.78 is 0.855. The summed E-state index contributed by atoms with van der Waals surface area (Å²) in [7, 11) is 4.52. The molecule has 0 spiro atoms.